The van der Waals surface area contributed by atoms with Crippen molar-refractivity contribution in [2.75, 3.05) is 0 Å². The summed E-state index contributed by atoms with van der Waals surface area (Å²) in [5.41, 5.74) is 9.92. The van der Waals surface area contributed by atoms with Crippen molar-refractivity contribution in [3.63, 3.8) is 0 Å². The highest BCUT2D eigenvalue weighted by Gasteiger charge is 2.22. The molecular formula is C45H28N4O. The zero-order chi connectivity index (χ0) is 33.0. The first kappa shape index (κ1) is 28.2. The van der Waals surface area contributed by atoms with Crippen LogP contribution in [-0.4, -0.2) is 19.5 Å². The summed E-state index contributed by atoms with van der Waals surface area (Å²) in [6.07, 6.45) is 0. The number of rotatable bonds is 5. The number of para-hydroxylation sites is 4. The first-order chi connectivity index (χ1) is 24.8. The Hall–Kier alpha value is -6.85. The Kier molecular flexibility index (Phi) is 6.42. The lowest BCUT2D eigenvalue weighted by atomic mass is 10.0. The third-order valence-corrected chi connectivity index (χ3v) is 9.48. The quantitative estimate of drug-likeness (QED) is 0.188. The number of benzene rings is 7. The number of furan rings is 1. The van der Waals surface area contributed by atoms with E-state index < -0.39 is 0 Å². The highest BCUT2D eigenvalue weighted by atomic mass is 16.3. The van der Waals surface area contributed by atoms with Crippen LogP contribution in [0.15, 0.2) is 174 Å². The first-order valence-electron chi connectivity index (χ1n) is 16.7. The summed E-state index contributed by atoms with van der Waals surface area (Å²) in [6, 6.07) is 58.5. The van der Waals surface area contributed by atoms with Gasteiger partial charge in [0.15, 0.2) is 17.5 Å². The first-order valence-corrected chi connectivity index (χ1v) is 16.7. The molecule has 0 saturated heterocycles. The molecule has 0 fully saturated rings. The van der Waals surface area contributed by atoms with Gasteiger partial charge in [0.1, 0.15) is 11.2 Å². The van der Waals surface area contributed by atoms with E-state index in [4.69, 9.17) is 19.4 Å². The number of fused-ring (bicyclic) bond motifs is 6. The number of nitrogens with zero attached hydrogens (tertiary/aromatic N) is 4. The third kappa shape index (κ3) is 4.45. The summed E-state index contributed by atoms with van der Waals surface area (Å²) in [5, 5.41) is 4.40. The van der Waals surface area contributed by atoms with Crippen molar-refractivity contribution >= 4 is 43.7 Å². The number of aromatic nitrogens is 4. The molecular weight excluding hydrogens is 613 g/mol. The average Bonchev–Trinajstić information content (AvgIpc) is 3.74. The maximum atomic E-state index is 6.27. The van der Waals surface area contributed by atoms with Crippen LogP contribution in [0.1, 0.15) is 0 Å². The molecule has 0 N–H and O–H groups in total. The second kappa shape index (κ2) is 11.4. The zero-order valence-electron chi connectivity index (χ0n) is 26.9. The largest absolute Gasteiger partial charge is 0.456 e. The van der Waals surface area contributed by atoms with Crippen molar-refractivity contribution in [3.05, 3.63) is 170 Å². The topological polar surface area (TPSA) is 56.7 Å². The maximum Gasteiger partial charge on any atom is 0.166 e. The van der Waals surface area contributed by atoms with Gasteiger partial charge in [-0.15, -0.1) is 0 Å². The Morgan fingerprint density at radius 1 is 0.380 bits per heavy atom. The fourth-order valence-electron chi connectivity index (χ4n) is 7.27. The second-order valence-electron chi connectivity index (χ2n) is 12.4. The molecule has 0 unspecified atom stereocenters. The molecule has 0 spiro atoms. The highest BCUT2D eigenvalue weighted by Crippen LogP contribution is 2.41. The molecule has 5 nitrogen and oxygen atoms in total. The van der Waals surface area contributed by atoms with Crippen molar-refractivity contribution in [1.82, 2.24) is 19.5 Å². The predicted molar refractivity (Wildman–Crippen MR) is 203 cm³/mol. The molecule has 0 radical (unpaired) electrons. The molecule has 0 aliphatic carbocycles. The molecule has 234 valence electrons. The minimum Gasteiger partial charge on any atom is -0.456 e. The summed E-state index contributed by atoms with van der Waals surface area (Å²) < 4.78 is 8.64. The maximum absolute atomic E-state index is 6.27. The van der Waals surface area contributed by atoms with Gasteiger partial charge in [-0.3, -0.25) is 0 Å². The van der Waals surface area contributed by atoms with E-state index in [1.165, 1.54) is 10.8 Å². The van der Waals surface area contributed by atoms with Gasteiger partial charge in [-0.2, -0.15) is 0 Å². The molecule has 0 amide bonds. The molecule has 0 aliphatic rings. The standard InChI is InChI=1S/C45H28N4O/c1-3-15-29(16-4-1)31-22-13-23-33-32-19-7-10-25-37(32)49(42(31)33)38-26-11-8-20-34(38)44-46-43(30-17-5-2-6-18-30)47-45(48-44)36-24-14-28-40-41(36)35-21-9-12-27-39(35)50-40/h1-28H. The molecule has 10 aromatic rings. The van der Waals surface area contributed by atoms with E-state index in [-0.39, 0.29) is 0 Å². The summed E-state index contributed by atoms with van der Waals surface area (Å²) in [7, 11) is 0. The summed E-state index contributed by atoms with van der Waals surface area (Å²) in [6.45, 7) is 0. The third-order valence-electron chi connectivity index (χ3n) is 9.48. The van der Waals surface area contributed by atoms with Gasteiger partial charge in [-0.05, 0) is 35.9 Å². The zero-order valence-corrected chi connectivity index (χ0v) is 26.9. The van der Waals surface area contributed by atoms with Gasteiger partial charge in [0, 0.05) is 43.8 Å². The van der Waals surface area contributed by atoms with Crippen molar-refractivity contribution in [2.24, 2.45) is 0 Å². The lowest BCUT2D eigenvalue weighted by Crippen LogP contribution is -2.04. The fraction of sp³-hybridized carbons (Fsp3) is 0. The fourth-order valence-corrected chi connectivity index (χ4v) is 7.27. The van der Waals surface area contributed by atoms with Crippen LogP contribution < -0.4 is 0 Å². The van der Waals surface area contributed by atoms with Gasteiger partial charge >= 0.3 is 0 Å². The molecule has 10 rings (SSSR count). The van der Waals surface area contributed by atoms with E-state index in [1.54, 1.807) is 0 Å². The van der Waals surface area contributed by atoms with Crippen LogP contribution in [-0.2, 0) is 0 Å². The van der Waals surface area contributed by atoms with Crippen LogP contribution in [0, 0.1) is 0 Å². The van der Waals surface area contributed by atoms with Gasteiger partial charge in [-0.25, -0.2) is 15.0 Å². The number of hydrogen-bond acceptors (Lipinski definition) is 4. The molecule has 5 heteroatoms. The Morgan fingerprint density at radius 2 is 0.940 bits per heavy atom. The normalized spacial score (nSPS) is 11.6. The predicted octanol–water partition coefficient (Wildman–Crippen LogP) is 11.5. The average molecular weight is 641 g/mol. The lowest BCUT2D eigenvalue weighted by molar-refractivity contribution is 0.669. The Balaban J connectivity index is 1.28. The SMILES string of the molecule is c1ccc(-c2nc(-c3ccccc3-n3c4ccccc4c4cccc(-c5ccccc5)c43)nc(-c3cccc4oc5ccccc5c34)n2)cc1. The van der Waals surface area contributed by atoms with Crippen LogP contribution in [0.2, 0.25) is 0 Å². The monoisotopic (exact) mass is 640 g/mol. The Labute approximate surface area is 287 Å². The minimum atomic E-state index is 0.591. The molecule has 3 heterocycles. The molecule has 0 atom stereocenters. The highest BCUT2D eigenvalue weighted by molar-refractivity contribution is 6.14. The summed E-state index contributed by atoms with van der Waals surface area (Å²) >= 11 is 0. The van der Waals surface area contributed by atoms with Crippen molar-refractivity contribution in [1.29, 1.82) is 0 Å². The van der Waals surface area contributed by atoms with Crippen LogP contribution >= 0.6 is 0 Å². The van der Waals surface area contributed by atoms with E-state index in [0.29, 0.717) is 17.5 Å². The second-order valence-corrected chi connectivity index (χ2v) is 12.4. The van der Waals surface area contributed by atoms with Crippen LogP contribution in [0.5, 0.6) is 0 Å². The van der Waals surface area contributed by atoms with E-state index in [9.17, 15) is 0 Å². The Bertz CT molecular complexity index is 2870. The van der Waals surface area contributed by atoms with E-state index in [2.05, 4.69) is 114 Å². The smallest absolute Gasteiger partial charge is 0.166 e. The molecule has 50 heavy (non-hydrogen) atoms. The van der Waals surface area contributed by atoms with Gasteiger partial charge in [0.2, 0.25) is 0 Å². The van der Waals surface area contributed by atoms with Gasteiger partial charge in [0.25, 0.3) is 0 Å². The summed E-state index contributed by atoms with van der Waals surface area (Å²) in [4.78, 5) is 15.6. The Morgan fingerprint density at radius 3 is 1.78 bits per heavy atom. The van der Waals surface area contributed by atoms with Crippen molar-refractivity contribution in [2.45, 2.75) is 0 Å². The lowest BCUT2D eigenvalue weighted by Gasteiger charge is -2.16. The molecule has 3 aromatic heterocycles. The van der Waals surface area contributed by atoms with Crippen LogP contribution in [0.3, 0.4) is 0 Å². The van der Waals surface area contributed by atoms with Crippen LogP contribution in [0.25, 0.3) is 94.7 Å². The van der Waals surface area contributed by atoms with Gasteiger partial charge in [0.05, 0.1) is 16.7 Å². The van der Waals surface area contributed by atoms with E-state index >= 15 is 0 Å². The van der Waals surface area contributed by atoms with E-state index in [1.807, 2.05) is 60.7 Å². The van der Waals surface area contributed by atoms with Crippen LogP contribution in [0.4, 0.5) is 0 Å². The summed E-state index contributed by atoms with van der Waals surface area (Å²) in [5.74, 6) is 1.79. The van der Waals surface area contributed by atoms with Gasteiger partial charge in [-0.1, -0.05) is 140 Å². The molecule has 0 bridgehead atoms. The number of hydrogen-bond donors (Lipinski definition) is 0. The molecule has 0 saturated carbocycles. The van der Waals surface area contributed by atoms with Crippen molar-refractivity contribution in [3.8, 4) is 51.0 Å². The minimum absolute atomic E-state index is 0.591. The molecule has 7 aromatic carbocycles. The van der Waals surface area contributed by atoms with Crippen molar-refractivity contribution < 1.29 is 4.42 Å². The molecule has 0 aliphatic heterocycles. The van der Waals surface area contributed by atoms with Gasteiger partial charge < -0.3 is 8.98 Å². The van der Waals surface area contributed by atoms with E-state index in [0.717, 1.165) is 66.5 Å².